The molecule has 3 aliphatic heterocycles. The summed E-state index contributed by atoms with van der Waals surface area (Å²) in [7, 11) is 7.32. The van der Waals surface area contributed by atoms with Gasteiger partial charge in [0.15, 0.2) is 5.72 Å². The summed E-state index contributed by atoms with van der Waals surface area (Å²) in [5.41, 5.74) is 5.37. The third-order valence-electron chi connectivity index (χ3n) is 10.9. The number of aliphatic hydroxyl groups is 1. The zero-order valence-electron chi connectivity index (χ0n) is 33.1. The standard InChI is InChI=1S/C40H51ClN4O11/c1-21-11-10-12-31(53-9)40(50)20-30(54-38(49)43-40)22(2)35-39(4,56-35)32(19-33(46)45(6)27-16-24(15-21)17-29(52-8)34(27)41)55-37(48)23(3)44(5)36(47)26-18-25(42)13-14-28(26)51-7/h10-14,16-18,22-23,30-32,35,50H,15,19-20,42H2,1-9H3,(H,43,49)/b12-10+,21-11+/t22-,23+,30+,31-,32+,35+,39+,40+/m1/s1. The molecule has 0 unspecified atom stereocenters. The molecule has 2 aromatic rings. The van der Waals surface area contributed by atoms with Crippen molar-refractivity contribution in [2.45, 2.75) is 88.7 Å². The van der Waals surface area contributed by atoms with Crippen LogP contribution >= 0.6 is 11.6 Å². The number of carbonyl (C=O) groups excluding carboxylic acids is 4. The Labute approximate surface area is 331 Å². The van der Waals surface area contributed by atoms with Gasteiger partial charge in [0.1, 0.15) is 46.5 Å². The number of likely N-dealkylation sites (N-methyl/N-ethyl adjacent to an activating group) is 1. The van der Waals surface area contributed by atoms with Gasteiger partial charge in [0.05, 0.1) is 38.0 Å². The van der Waals surface area contributed by atoms with Gasteiger partial charge in [-0.25, -0.2) is 9.59 Å². The molecule has 0 spiro atoms. The van der Waals surface area contributed by atoms with Crippen molar-refractivity contribution in [1.82, 2.24) is 10.2 Å². The number of nitrogens with one attached hydrogen (secondary N) is 1. The smallest absolute Gasteiger partial charge is 0.409 e. The Morgan fingerprint density at radius 1 is 1.14 bits per heavy atom. The van der Waals surface area contributed by atoms with Gasteiger partial charge < -0.3 is 49.1 Å². The fraction of sp³-hybridized carbons (Fsp3) is 0.500. The predicted octanol–water partition coefficient (Wildman–Crippen LogP) is 4.42. The van der Waals surface area contributed by atoms with Crippen LogP contribution in [0.2, 0.25) is 5.02 Å². The van der Waals surface area contributed by atoms with E-state index < -0.39 is 71.6 Å². The Balaban J connectivity index is 1.53. The number of amides is 3. The number of allylic oxidation sites excluding steroid dienone is 3. The molecule has 5 rings (SSSR count). The van der Waals surface area contributed by atoms with E-state index in [1.54, 1.807) is 57.3 Å². The molecule has 0 aliphatic carbocycles. The van der Waals surface area contributed by atoms with Gasteiger partial charge in [-0.3, -0.25) is 14.9 Å². The fourth-order valence-electron chi connectivity index (χ4n) is 7.26. The first-order chi connectivity index (χ1) is 26.4. The van der Waals surface area contributed by atoms with Crippen molar-refractivity contribution in [2.24, 2.45) is 5.92 Å². The number of fused-ring (bicyclic) bond motifs is 5. The Hall–Kier alpha value is -4.83. The summed E-state index contributed by atoms with van der Waals surface area (Å²) in [5, 5.41) is 14.5. The van der Waals surface area contributed by atoms with Crippen LogP contribution in [-0.4, -0.2) is 111 Å². The zero-order chi connectivity index (χ0) is 41.3. The van der Waals surface area contributed by atoms with Gasteiger partial charge in [-0.15, -0.1) is 0 Å². The average molecular weight is 799 g/mol. The number of hydrogen-bond donors (Lipinski definition) is 3. The molecule has 2 aromatic carbocycles. The first-order valence-corrected chi connectivity index (χ1v) is 18.5. The number of nitrogen functional groups attached to an aromatic ring is 1. The number of carbonyl (C=O) groups is 4. The maximum Gasteiger partial charge on any atom is 0.409 e. The Bertz CT molecular complexity index is 1920. The van der Waals surface area contributed by atoms with Gasteiger partial charge in [0, 0.05) is 39.2 Å². The number of esters is 1. The van der Waals surface area contributed by atoms with E-state index in [9.17, 15) is 24.3 Å². The number of methoxy groups -OCH3 is 3. The number of benzene rings is 2. The number of nitrogens with zero attached hydrogens (tertiary/aromatic N) is 2. The van der Waals surface area contributed by atoms with Crippen molar-refractivity contribution >= 4 is 46.9 Å². The largest absolute Gasteiger partial charge is 0.496 e. The van der Waals surface area contributed by atoms with E-state index in [-0.39, 0.29) is 29.2 Å². The molecular formula is C40H51ClN4O11. The summed E-state index contributed by atoms with van der Waals surface area (Å²) in [6.07, 6.45) is 0.642. The first kappa shape index (κ1) is 42.3. The maximum absolute atomic E-state index is 14.2. The fourth-order valence-corrected chi connectivity index (χ4v) is 7.57. The van der Waals surface area contributed by atoms with Crippen molar-refractivity contribution < 1.29 is 52.7 Å². The average Bonchev–Trinajstić information content (AvgIpc) is 3.86. The molecule has 2 saturated heterocycles. The normalized spacial score (nSPS) is 30.0. The number of rotatable bonds is 7. The first-order valence-electron chi connectivity index (χ1n) is 18.2. The maximum atomic E-state index is 14.2. The molecule has 16 heteroatoms. The second-order valence-corrected chi connectivity index (χ2v) is 15.2. The Kier molecular flexibility index (Phi) is 12.6. The minimum absolute atomic E-state index is 0.0744. The Morgan fingerprint density at radius 2 is 1.84 bits per heavy atom. The monoisotopic (exact) mass is 798 g/mol. The number of alkyl carbamates (subject to hydrolysis) is 1. The number of hydrogen-bond acceptors (Lipinski definition) is 12. The quantitative estimate of drug-likeness (QED) is 0.203. The molecule has 0 aromatic heterocycles. The number of ether oxygens (including phenoxy) is 6. The van der Waals surface area contributed by atoms with Crippen molar-refractivity contribution in [3.63, 3.8) is 0 Å². The number of halogens is 1. The van der Waals surface area contributed by atoms with Crippen LogP contribution in [0.5, 0.6) is 11.5 Å². The molecule has 304 valence electrons. The minimum Gasteiger partial charge on any atom is -0.496 e. The third-order valence-corrected chi connectivity index (χ3v) is 11.3. The topological polar surface area (TPSA) is 192 Å². The molecule has 8 atom stereocenters. The van der Waals surface area contributed by atoms with Crippen LogP contribution in [0.3, 0.4) is 0 Å². The highest BCUT2D eigenvalue weighted by Crippen LogP contribution is 2.49. The van der Waals surface area contributed by atoms with E-state index >= 15 is 0 Å². The van der Waals surface area contributed by atoms with E-state index in [1.165, 1.54) is 51.2 Å². The van der Waals surface area contributed by atoms with Crippen LogP contribution in [0, 0.1) is 5.92 Å². The summed E-state index contributed by atoms with van der Waals surface area (Å²) in [4.78, 5) is 57.3. The SMILES string of the molecule is COc1ccc(N)cc1C(=O)N(C)[C@@H](C)C(=O)O[C@H]1CC(=O)N(C)c2cc(cc(OC)c2Cl)C/C(C)=C/C=C/[C@@H](OC)[C@@]2(O)C[C@H](OC(=O)N2)[C@@H](C)[C@@H]2O[C@@]12C. The molecule has 3 aliphatic rings. The van der Waals surface area contributed by atoms with Gasteiger partial charge in [-0.2, -0.15) is 0 Å². The number of epoxide rings is 1. The van der Waals surface area contributed by atoms with Crippen LogP contribution < -0.4 is 25.4 Å². The zero-order valence-corrected chi connectivity index (χ0v) is 33.8. The molecule has 0 radical (unpaired) electrons. The molecule has 15 nitrogen and oxygen atoms in total. The molecule has 4 bridgehead atoms. The van der Waals surface area contributed by atoms with Crippen LogP contribution in [0.1, 0.15) is 56.5 Å². The van der Waals surface area contributed by atoms with Crippen LogP contribution in [-0.2, 0) is 35.0 Å². The van der Waals surface area contributed by atoms with Crippen molar-refractivity contribution in [3.8, 4) is 11.5 Å². The molecule has 4 N–H and O–H groups in total. The molecule has 3 heterocycles. The van der Waals surface area contributed by atoms with Crippen molar-refractivity contribution in [1.29, 1.82) is 0 Å². The second-order valence-electron chi connectivity index (χ2n) is 14.8. The van der Waals surface area contributed by atoms with Crippen LogP contribution in [0.4, 0.5) is 16.2 Å². The lowest BCUT2D eigenvalue weighted by Crippen LogP contribution is -2.63. The minimum atomic E-state index is -1.85. The summed E-state index contributed by atoms with van der Waals surface area (Å²) in [5.74, 6) is -1.77. The van der Waals surface area contributed by atoms with Gasteiger partial charge in [-0.1, -0.05) is 42.3 Å². The lowest BCUT2D eigenvalue weighted by atomic mass is 9.83. The molecule has 0 saturated carbocycles. The van der Waals surface area contributed by atoms with Crippen LogP contribution in [0.15, 0.2) is 54.1 Å². The lowest BCUT2D eigenvalue weighted by molar-refractivity contribution is -0.158. The van der Waals surface area contributed by atoms with Crippen molar-refractivity contribution in [2.75, 3.05) is 46.1 Å². The molecule has 2 fully saturated rings. The highest BCUT2D eigenvalue weighted by Gasteiger charge is 2.64. The second kappa shape index (κ2) is 16.7. The van der Waals surface area contributed by atoms with Gasteiger partial charge >= 0.3 is 12.1 Å². The Morgan fingerprint density at radius 3 is 2.50 bits per heavy atom. The lowest BCUT2D eigenvalue weighted by Gasteiger charge is -2.42. The van der Waals surface area contributed by atoms with Crippen molar-refractivity contribution in [3.05, 3.63) is 70.3 Å². The highest BCUT2D eigenvalue weighted by atomic mass is 35.5. The highest BCUT2D eigenvalue weighted by molar-refractivity contribution is 6.35. The summed E-state index contributed by atoms with van der Waals surface area (Å²) in [6.45, 7) is 6.89. The number of anilines is 2. The van der Waals surface area contributed by atoms with E-state index in [0.29, 0.717) is 23.5 Å². The van der Waals surface area contributed by atoms with Crippen LogP contribution in [0.25, 0.3) is 0 Å². The van der Waals surface area contributed by atoms with E-state index in [0.717, 1.165) is 11.1 Å². The predicted molar refractivity (Wildman–Crippen MR) is 208 cm³/mol. The summed E-state index contributed by atoms with van der Waals surface area (Å²) >= 11 is 6.77. The van der Waals surface area contributed by atoms with Gasteiger partial charge in [-0.05, 0) is 63.1 Å². The summed E-state index contributed by atoms with van der Waals surface area (Å²) in [6, 6.07) is 7.02. The number of nitrogens with two attached hydrogens (primary N) is 1. The summed E-state index contributed by atoms with van der Waals surface area (Å²) < 4.78 is 34.6. The van der Waals surface area contributed by atoms with Gasteiger partial charge in [0.2, 0.25) is 5.91 Å². The third kappa shape index (κ3) is 8.60. The molecule has 56 heavy (non-hydrogen) atoms. The van der Waals surface area contributed by atoms with E-state index in [1.807, 2.05) is 13.0 Å². The molecule has 3 amide bonds. The molecular weight excluding hydrogens is 748 g/mol. The van der Waals surface area contributed by atoms with E-state index in [4.69, 9.17) is 45.8 Å². The van der Waals surface area contributed by atoms with E-state index in [2.05, 4.69) is 5.32 Å². The van der Waals surface area contributed by atoms with Gasteiger partial charge in [0.25, 0.3) is 5.91 Å².